The molecule has 0 amide bonds. The van der Waals surface area contributed by atoms with E-state index in [-0.39, 0.29) is 17.9 Å². The highest BCUT2D eigenvalue weighted by molar-refractivity contribution is 5.95. The molecule has 1 aromatic heterocycles. The number of benzene rings is 1. The van der Waals surface area contributed by atoms with Gasteiger partial charge in [-0.05, 0) is 83.5 Å². The van der Waals surface area contributed by atoms with Crippen molar-refractivity contribution in [1.29, 1.82) is 10.7 Å². The number of aryl methyl sites for hydroxylation is 1. The van der Waals surface area contributed by atoms with Gasteiger partial charge < -0.3 is 35.3 Å². The minimum Gasteiger partial charge on any atom is -0.455 e. The van der Waals surface area contributed by atoms with Gasteiger partial charge in [-0.15, -0.1) is 0 Å². The lowest BCUT2D eigenvalue weighted by molar-refractivity contribution is 0.0343. The van der Waals surface area contributed by atoms with Gasteiger partial charge in [0.15, 0.2) is 0 Å². The fourth-order valence-corrected chi connectivity index (χ4v) is 7.97. The highest BCUT2D eigenvalue weighted by Crippen LogP contribution is 2.48. The highest BCUT2D eigenvalue weighted by Gasteiger charge is 2.55. The van der Waals surface area contributed by atoms with Gasteiger partial charge in [0.1, 0.15) is 17.6 Å². The van der Waals surface area contributed by atoms with Crippen LogP contribution in [0.15, 0.2) is 12.1 Å². The number of likely N-dealkylation sites (tertiary alicyclic amines) is 1. The summed E-state index contributed by atoms with van der Waals surface area (Å²) >= 11 is 0. The number of hydrogen-bond acceptors (Lipinski definition) is 11. The number of fused-ring (bicyclic) bond motifs is 1. The van der Waals surface area contributed by atoms with E-state index < -0.39 is 0 Å². The van der Waals surface area contributed by atoms with Gasteiger partial charge in [-0.1, -0.05) is 6.07 Å². The summed E-state index contributed by atoms with van der Waals surface area (Å²) in [6.07, 6.45) is 10.4. The maximum Gasteiger partial charge on any atom is 0.319 e. The average Bonchev–Trinajstić information content (AvgIpc) is 3.69. The lowest BCUT2D eigenvalue weighted by Gasteiger charge is -2.38. The molecule has 4 aliphatic heterocycles. The molecule has 11 heteroatoms. The first-order valence-corrected chi connectivity index (χ1v) is 16.9. The smallest absolute Gasteiger partial charge is 0.319 e. The van der Waals surface area contributed by atoms with E-state index in [1.807, 2.05) is 0 Å². The van der Waals surface area contributed by atoms with Gasteiger partial charge in [-0.3, -0.25) is 4.90 Å². The van der Waals surface area contributed by atoms with E-state index in [4.69, 9.17) is 24.9 Å². The lowest BCUT2D eigenvalue weighted by Crippen LogP contribution is -2.51. The van der Waals surface area contributed by atoms with Crippen LogP contribution in [0.3, 0.4) is 0 Å². The first-order chi connectivity index (χ1) is 22.0. The van der Waals surface area contributed by atoms with Crippen molar-refractivity contribution in [2.45, 2.75) is 95.2 Å². The molecule has 240 valence electrons. The molecule has 3 saturated heterocycles. The molecular weight excluding hydrogens is 566 g/mol. The molecule has 45 heavy (non-hydrogen) atoms. The SMILES string of the molecule is Cc1ccc(NC2CCCCO2)c(C=N)c1N1CCc2c(nc(OC3([C@@H]4CCCN4C)CC3)nc2N2CCN[C@@H](CC#N)C2)C1. The Morgan fingerprint density at radius 1 is 1.18 bits per heavy atom. The molecule has 0 bridgehead atoms. The minimum absolute atomic E-state index is 0.0253. The summed E-state index contributed by atoms with van der Waals surface area (Å²) in [5, 5.41) is 24.9. The average molecular weight is 614 g/mol. The number of nitriles is 1. The quantitative estimate of drug-likeness (QED) is 0.358. The number of hydrogen-bond donors (Lipinski definition) is 3. The summed E-state index contributed by atoms with van der Waals surface area (Å²) in [6, 6.07) is 7.56. The largest absolute Gasteiger partial charge is 0.455 e. The number of piperazine rings is 1. The Morgan fingerprint density at radius 2 is 2.07 bits per heavy atom. The van der Waals surface area contributed by atoms with Gasteiger partial charge in [0.2, 0.25) is 0 Å². The minimum atomic E-state index is -0.205. The molecule has 0 radical (unpaired) electrons. The highest BCUT2D eigenvalue weighted by atomic mass is 16.5. The van der Waals surface area contributed by atoms with E-state index in [1.165, 1.54) is 18.2 Å². The first kappa shape index (κ1) is 30.2. The lowest BCUT2D eigenvalue weighted by atomic mass is 9.99. The normalized spacial score (nSPS) is 26.2. The van der Waals surface area contributed by atoms with Crippen molar-refractivity contribution in [2.75, 3.05) is 61.5 Å². The van der Waals surface area contributed by atoms with Crippen LogP contribution in [0.5, 0.6) is 6.01 Å². The van der Waals surface area contributed by atoms with Crippen LogP contribution < -0.4 is 25.2 Å². The van der Waals surface area contributed by atoms with Crippen molar-refractivity contribution in [3.05, 3.63) is 34.5 Å². The molecular formula is C34H47N9O2. The van der Waals surface area contributed by atoms with Crippen LogP contribution in [0.1, 0.15) is 73.8 Å². The molecule has 1 aliphatic carbocycles. The summed E-state index contributed by atoms with van der Waals surface area (Å²) in [5.41, 5.74) is 6.01. The first-order valence-electron chi connectivity index (χ1n) is 16.9. The Labute approximate surface area is 266 Å². The van der Waals surface area contributed by atoms with Crippen molar-refractivity contribution in [3.63, 3.8) is 0 Å². The summed E-state index contributed by atoms with van der Waals surface area (Å²) in [6.45, 7) is 7.82. The predicted molar refractivity (Wildman–Crippen MR) is 176 cm³/mol. The maximum absolute atomic E-state index is 9.39. The van der Waals surface area contributed by atoms with Crippen LogP contribution in [0.25, 0.3) is 0 Å². The number of likely N-dealkylation sites (N-methyl/N-ethyl adjacent to an activating group) is 1. The van der Waals surface area contributed by atoms with Crippen molar-refractivity contribution in [1.82, 2.24) is 20.2 Å². The molecule has 1 unspecified atom stereocenters. The van der Waals surface area contributed by atoms with E-state index in [0.717, 1.165) is 118 Å². The molecule has 0 spiro atoms. The van der Waals surface area contributed by atoms with Gasteiger partial charge in [0.25, 0.3) is 0 Å². The number of ether oxygens (including phenoxy) is 2. The van der Waals surface area contributed by atoms with Crippen molar-refractivity contribution in [2.24, 2.45) is 0 Å². The van der Waals surface area contributed by atoms with Crippen LogP contribution in [-0.4, -0.2) is 91.4 Å². The van der Waals surface area contributed by atoms with Crippen molar-refractivity contribution >= 4 is 23.4 Å². The van der Waals surface area contributed by atoms with Crippen LogP contribution >= 0.6 is 0 Å². The topological polar surface area (TPSA) is 126 Å². The second kappa shape index (κ2) is 12.7. The number of nitrogens with one attached hydrogen (secondary N) is 3. The van der Waals surface area contributed by atoms with Crippen LogP contribution in [0.4, 0.5) is 17.2 Å². The van der Waals surface area contributed by atoms with Gasteiger partial charge in [0.05, 0.1) is 30.4 Å². The Balaban J connectivity index is 1.22. The molecule has 11 nitrogen and oxygen atoms in total. The third kappa shape index (κ3) is 6.08. The number of rotatable bonds is 9. The van der Waals surface area contributed by atoms with Gasteiger partial charge in [0, 0.05) is 67.9 Å². The van der Waals surface area contributed by atoms with Gasteiger partial charge in [-0.25, -0.2) is 0 Å². The molecule has 5 heterocycles. The van der Waals surface area contributed by atoms with Crippen LogP contribution in [-0.2, 0) is 17.7 Å². The van der Waals surface area contributed by atoms with Crippen LogP contribution in [0.2, 0.25) is 0 Å². The molecule has 2 aromatic rings. The van der Waals surface area contributed by atoms with E-state index in [0.29, 0.717) is 25.0 Å². The van der Waals surface area contributed by atoms with E-state index in [9.17, 15) is 5.26 Å². The molecule has 1 saturated carbocycles. The molecule has 7 rings (SSSR count). The Hall–Kier alpha value is -3.46. The summed E-state index contributed by atoms with van der Waals surface area (Å²) in [5.74, 6) is 0.962. The van der Waals surface area contributed by atoms with E-state index in [2.05, 4.69) is 57.5 Å². The number of nitrogens with zero attached hydrogens (tertiary/aromatic N) is 6. The summed E-state index contributed by atoms with van der Waals surface area (Å²) < 4.78 is 12.8. The predicted octanol–water partition coefficient (Wildman–Crippen LogP) is 3.98. The summed E-state index contributed by atoms with van der Waals surface area (Å²) in [4.78, 5) is 17.4. The maximum atomic E-state index is 9.39. The number of anilines is 3. The van der Waals surface area contributed by atoms with Crippen molar-refractivity contribution < 1.29 is 9.47 Å². The summed E-state index contributed by atoms with van der Waals surface area (Å²) in [7, 11) is 2.21. The third-order valence-electron chi connectivity index (χ3n) is 10.5. The zero-order chi connectivity index (χ0) is 31.0. The zero-order valence-corrected chi connectivity index (χ0v) is 26.8. The second-order valence-corrected chi connectivity index (χ2v) is 13.5. The standard InChI is InChI=1S/C34H47N9O2/c1-23-8-9-27(38-30-7-3-4-19-44-30)26(20-36)31(23)42-17-11-25-28(22-42)39-33(45-34(12-13-34)29-6-5-16-41(29)2)40-32(25)43-18-15-37-24(21-43)10-14-35/h8-9,20,24,29-30,36-38H,3-7,10-13,15-19,21-22H2,1-2H3/t24-,29-,30?/m0/s1. The van der Waals surface area contributed by atoms with Crippen LogP contribution in [0, 0.1) is 23.7 Å². The van der Waals surface area contributed by atoms with Gasteiger partial charge in [-0.2, -0.15) is 15.2 Å². The number of aromatic nitrogens is 2. The fraction of sp³-hybridized carbons (Fsp3) is 0.647. The Bertz CT molecular complexity index is 1450. The molecule has 1 aromatic carbocycles. The molecule has 3 N–H and O–H groups in total. The van der Waals surface area contributed by atoms with E-state index in [1.54, 1.807) is 0 Å². The Kier molecular flexibility index (Phi) is 8.55. The second-order valence-electron chi connectivity index (χ2n) is 13.5. The zero-order valence-electron chi connectivity index (χ0n) is 26.8. The Morgan fingerprint density at radius 3 is 2.80 bits per heavy atom. The molecule has 4 fully saturated rings. The third-order valence-corrected chi connectivity index (χ3v) is 10.5. The van der Waals surface area contributed by atoms with Gasteiger partial charge >= 0.3 is 6.01 Å². The molecule has 3 atom stereocenters. The molecule has 5 aliphatic rings. The van der Waals surface area contributed by atoms with Crippen molar-refractivity contribution in [3.8, 4) is 12.1 Å². The fourth-order valence-electron chi connectivity index (χ4n) is 7.97. The monoisotopic (exact) mass is 613 g/mol. The van der Waals surface area contributed by atoms with E-state index >= 15 is 0 Å².